The van der Waals surface area contributed by atoms with Gasteiger partial charge in [-0.05, 0) is 11.5 Å². The molecule has 0 atom stereocenters. The molecule has 90 valence electrons. The van der Waals surface area contributed by atoms with Gasteiger partial charge in [-0.15, -0.1) is 0 Å². The normalized spacial score (nSPS) is 10.6. The molecule has 0 unspecified atom stereocenters. The minimum absolute atomic E-state index is 0.500. The Labute approximate surface area is 103 Å². The second kappa shape index (κ2) is 5.05. The van der Waals surface area contributed by atoms with E-state index < -0.39 is 0 Å². The van der Waals surface area contributed by atoms with Crippen molar-refractivity contribution in [1.82, 2.24) is 4.57 Å². The van der Waals surface area contributed by atoms with Crippen LogP contribution in [0.5, 0.6) is 0 Å². The van der Waals surface area contributed by atoms with Gasteiger partial charge < -0.3 is 4.57 Å². The fourth-order valence-electron chi connectivity index (χ4n) is 1.43. The Morgan fingerprint density at radius 2 is 1.65 bits per heavy atom. The summed E-state index contributed by atoms with van der Waals surface area (Å²) in [4.78, 5) is 0. The Morgan fingerprint density at radius 3 is 2.18 bits per heavy atom. The summed E-state index contributed by atoms with van der Waals surface area (Å²) in [6, 6.07) is 10.1. The van der Waals surface area contributed by atoms with E-state index in [0.717, 1.165) is 16.5 Å². The number of fused-ring (bicyclic) bond motifs is 1. The highest BCUT2D eigenvalue weighted by molar-refractivity contribution is 5.86. The summed E-state index contributed by atoms with van der Waals surface area (Å²) in [6.07, 6.45) is 1.85. The van der Waals surface area contributed by atoms with Crippen LogP contribution in [0, 0.1) is 16.7 Å². The number of nitriles is 1. The highest BCUT2D eigenvalue weighted by atomic mass is 14.9. The molecule has 0 saturated heterocycles. The van der Waals surface area contributed by atoms with Gasteiger partial charge in [0.05, 0.1) is 5.56 Å². The average Bonchev–Trinajstić information content (AvgIpc) is 2.54. The first-order valence-electron chi connectivity index (χ1n) is 5.77. The molecular weight excluding hydrogens is 208 g/mol. The molecule has 0 aliphatic carbocycles. The van der Waals surface area contributed by atoms with Gasteiger partial charge in [-0.25, -0.2) is 0 Å². The predicted molar refractivity (Wildman–Crippen MR) is 72.8 cm³/mol. The molecule has 2 nitrogen and oxygen atoms in total. The highest BCUT2D eigenvalue weighted by Crippen LogP contribution is 2.18. The summed E-state index contributed by atoms with van der Waals surface area (Å²) in [5.41, 5.74) is 2.35. The van der Waals surface area contributed by atoms with E-state index in [0.29, 0.717) is 5.41 Å². The van der Waals surface area contributed by atoms with Crippen LogP contribution in [0.15, 0.2) is 30.5 Å². The third-order valence-electron chi connectivity index (χ3n) is 2.02. The summed E-state index contributed by atoms with van der Waals surface area (Å²) in [7, 11) is 1.95. The predicted octanol–water partition coefficient (Wildman–Crippen LogP) is 4.10. The van der Waals surface area contributed by atoms with Gasteiger partial charge in [-0.1, -0.05) is 45.9 Å². The van der Waals surface area contributed by atoms with E-state index in [2.05, 4.69) is 33.8 Å². The smallest absolute Gasteiger partial charge is 0.101 e. The molecule has 0 bridgehead atoms. The molecule has 0 aliphatic heterocycles. The first kappa shape index (κ1) is 13.3. The first-order valence-corrected chi connectivity index (χ1v) is 5.77. The van der Waals surface area contributed by atoms with Crippen molar-refractivity contribution < 1.29 is 0 Å². The van der Waals surface area contributed by atoms with Crippen LogP contribution in [-0.4, -0.2) is 4.57 Å². The lowest BCUT2D eigenvalue weighted by molar-refractivity contribution is 0.469. The van der Waals surface area contributed by atoms with Crippen LogP contribution in [0.1, 0.15) is 33.3 Å². The summed E-state index contributed by atoms with van der Waals surface area (Å²) in [6.45, 7) is 8.75. The Kier molecular flexibility index (Phi) is 3.96. The van der Waals surface area contributed by atoms with Crippen molar-refractivity contribution in [3.05, 3.63) is 36.0 Å². The molecule has 1 aromatic carbocycles. The van der Waals surface area contributed by atoms with Crippen LogP contribution in [0.4, 0.5) is 0 Å². The van der Waals surface area contributed by atoms with Crippen molar-refractivity contribution in [2.45, 2.75) is 27.7 Å². The van der Waals surface area contributed by atoms with Crippen LogP contribution in [0.3, 0.4) is 0 Å². The van der Waals surface area contributed by atoms with Gasteiger partial charge in [0.1, 0.15) is 6.07 Å². The zero-order valence-corrected chi connectivity index (χ0v) is 11.3. The molecule has 0 saturated carbocycles. The number of nitrogens with zero attached hydrogens (tertiary/aromatic N) is 2. The largest absolute Gasteiger partial charge is 0.349 e. The minimum Gasteiger partial charge on any atom is -0.349 e. The molecule has 0 fully saturated rings. The van der Waals surface area contributed by atoms with Gasteiger partial charge >= 0.3 is 0 Å². The third-order valence-corrected chi connectivity index (χ3v) is 2.02. The van der Waals surface area contributed by atoms with E-state index in [1.54, 1.807) is 0 Å². The van der Waals surface area contributed by atoms with Crippen LogP contribution >= 0.6 is 0 Å². The second-order valence-electron chi connectivity index (χ2n) is 5.78. The highest BCUT2D eigenvalue weighted by Gasteiger charge is 2.02. The molecule has 0 radical (unpaired) electrons. The van der Waals surface area contributed by atoms with Crippen LogP contribution in [0.25, 0.3) is 10.9 Å². The van der Waals surface area contributed by atoms with Gasteiger partial charge in [-0.3, -0.25) is 0 Å². The van der Waals surface area contributed by atoms with Crippen molar-refractivity contribution in [3.63, 3.8) is 0 Å². The van der Waals surface area contributed by atoms with Crippen molar-refractivity contribution in [1.29, 1.82) is 5.26 Å². The molecule has 0 amide bonds. The summed E-state index contributed by atoms with van der Waals surface area (Å²) >= 11 is 0. The fourth-order valence-corrected chi connectivity index (χ4v) is 1.43. The standard InChI is InChI=1S/C10H8N2.C5H12/c1-12-7-8(6-11)9-4-2-3-5-10(9)12;1-5(2,3)4/h2-5,7H,1H3;1-4H3. The van der Waals surface area contributed by atoms with Gasteiger partial charge in [-0.2, -0.15) is 5.26 Å². The maximum Gasteiger partial charge on any atom is 0.101 e. The van der Waals surface area contributed by atoms with E-state index in [1.165, 1.54) is 0 Å². The molecule has 0 spiro atoms. The average molecular weight is 228 g/mol. The van der Waals surface area contributed by atoms with E-state index >= 15 is 0 Å². The number of rotatable bonds is 0. The SMILES string of the molecule is CC(C)(C)C.Cn1cc(C#N)c2ccccc21. The number of hydrogen-bond acceptors (Lipinski definition) is 1. The van der Waals surface area contributed by atoms with Crippen molar-refractivity contribution in [3.8, 4) is 6.07 Å². The van der Waals surface area contributed by atoms with Crippen LogP contribution in [-0.2, 0) is 7.05 Å². The van der Waals surface area contributed by atoms with Gasteiger partial charge in [0.25, 0.3) is 0 Å². The zero-order valence-electron chi connectivity index (χ0n) is 11.3. The summed E-state index contributed by atoms with van der Waals surface area (Å²) in [5, 5.41) is 9.82. The molecular formula is C15H20N2. The lowest BCUT2D eigenvalue weighted by atomic mass is 10.0. The lowest BCUT2D eigenvalue weighted by Crippen LogP contribution is -1.93. The first-order chi connectivity index (χ1) is 7.83. The molecule has 2 heteroatoms. The Balaban J connectivity index is 0.000000249. The number of para-hydroxylation sites is 1. The third kappa shape index (κ3) is 3.96. The van der Waals surface area contributed by atoms with E-state index in [1.807, 2.05) is 42.1 Å². The molecule has 1 aromatic heterocycles. The number of benzene rings is 1. The second-order valence-corrected chi connectivity index (χ2v) is 5.78. The van der Waals surface area contributed by atoms with Gasteiger partial charge in [0.2, 0.25) is 0 Å². The molecule has 0 aliphatic rings. The topological polar surface area (TPSA) is 28.7 Å². The Morgan fingerprint density at radius 1 is 1.12 bits per heavy atom. The quantitative estimate of drug-likeness (QED) is 0.667. The van der Waals surface area contributed by atoms with Crippen LogP contribution < -0.4 is 0 Å². The molecule has 1 heterocycles. The van der Waals surface area contributed by atoms with E-state index in [9.17, 15) is 0 Å². The summed E-state index contributed by atoms with van der Waals surface area (Å²) < 4.78 is 1.97. The monoisotopic (exact) mass is 228 g/mol. The molecule has 17 heavy (non-hydrogen) atoms. The van der Waals surface area contributed by atoms with Gasteiger partial charge in [0, 0.05) is 24.1 Å². The molecule has 2 aromatic rings. The Bertz CT molecular complexity index is 530. The van der Waals surface area contributed by atoms with Crippen molar-refractivity contribution in [2.75, 3.05) is 0 Å². The number of aryl methyl sites for hydroxylation is 1. The van der Waals surface area contributed by atoms with Crippen LogP contribution in [0.2, 0.25) is 0 Å². The minimum atomic E-state index is 0.500. The zero-order chi connectivity index (χ0) is 13.1. The number of aromatic nitrogens is 1. The number of hydrogen-bond donors (Lipinski definition) is 0. The fraction of sp³-hybridized carbons (Fsp3) is 0.400. The van der Waals surface area contributed by atoms with Crippen molar-refractivity contribution >= 4 is 10.9 Å². The molecule has 0 N–H and O–H groups in total. The summed E-state index contributed by atoms with van der Waals surface area (Å²) in [5.74, 6) is 0. The van der Waals surface area contributed by atoms with E-state index in [4.69, 9.17) is 5.26 Å². The lowest BCUT2D eigenvalue weighted by Gasteiger charge is -2.05. The Hall–Kier alpha value is -1.75. The molecule has 2 rings (SSSR count). The van der Waals surface area contributed by atoms with Crippen molar-refractivity contribution in [2.24, 2.45) is 12.5 Å². The maximum absolute atomic E-state index is 8.79. The van der Waals surface area contributed by atoms with E-state index in [-0.39, 0.29) is 0 Å². The van der Waals surface area contributed by atoms with Gasteiger partial charge in [0.15, 0.2) is 0 Å². The maximum atomic E-state index is 8.79.